The third-order valence-corrected chi connectivity index (χ3v) is 3.07. The van der Waals surface area contributed by atoms with Gasteiger partial charge in [-0.05, 0) is 24.5 Å². The van der Waals surface area contributed by atoms with Crippen LogP contribution in [0.4, 0.5) is 13.2 Å². The minimum absolute atomic E-state index is 0.0205. The summed E-state index contributed by atoms with van der Waals surface area (Å²) in [6, 6.07) is 6.10. The van der Waals surface area contributed by atoms with Gasteiger partial charge in [-0.15, -0.1) is 0 Å². The molecule has 0 atom stereocenters. The summed E-state index contributed by atoms with van der Waals surface area (Å²) < 4.78 is 37.5. The third-order valence-electron chi connectivity index (χ3n) is 3.07. The van der Waals surface area contributed by atoms with Crippen LogP contribution in [0.2, 0.25) is 0 Å². The fraction of sp³-hybridized carbons (Fsp3) is 0.462. The van der Waals surface area contributed by atoms with Gasteiger partial charge in [0.1, 0.15) is 0 Å². The molecular formula is C13H14F3NO2. The van der Waals surface area contributed by atoms with Crippen LogP contribution in [0.25, 0.3) is 0 Å². The Morgan fingerprint density at radius 2 is 1.95 bits per heavy atom. The topological polar surface area (TPSA) is 40.5 Å². The van der Waals surface area contributed by atoms with Gasteiger partial charge in [-0.25, -0.2) is 4.79 Å². The number of benzene rings is 1. The molecule has 6 heteroatoms. The summed E-state index contributed by atoms with van der Waals surface area (Å²) in [5.74, 6) is -1.11. The highest BCUT2D eigenvalue weighted by Gasteiger charge is 2.38. The third kappa shape index (κ3) is 3.96. The number of halogens is 3. The summed E-state index contributed by atoms with van der Waals surface area (Å²) in [4.78, 5) is 12.3. The van der Waals surface area contributed by atoms with Crippen molar-refractivity contribution in [1.29, 1.82) is 0 Å². The fourth-order valence-electron chi connectivity index (χ4n) is 2.07. The molecule has 1 aromatic carbocycles. The molecule has 0 radical (unpaired) electrons. The van der Waals surface area contributed by atoms with Crippen LogP contribution in [0.1, 0.15) is 28.8 Å². The maximum absolute atomic E-state index is 12.5. The molecule has 0 aromatic heterocycles. The molecule has 0 saturated heterocycles. The molecule has 0 spiro atoms. The van der Waals surface area contributed by atoms with E-state index in [4.69, 9.17) is 5.11 Å². The number of hydrogen-bond acceptors (Lipinski definition) is 2. The zero-order valence-electron chi connectivity index (χ0n) is 10.2. The van der Waals surface area contributed by atoms with Crippen molar-refractivity contribution in [2.24, 2.45) is 0 Å². The highest BCUT2D eigenvalue weighted by molar-refractivity contribution is 5.89. The summed E-state index contributed by atoms with van der Waals surface area (Å²) in [5, 5.41) is 9.02. The number of nitrogens with zero attached hydrogens (tertiary/aromatic N) is 1. The summed E-state index contributed by atoms with van der Waals surface area (Å²) >= 11 is 0. The Morgan fingerprint density at radius 3 is 2.47 bits per heavy atom. The molecular weight excluding hydrogens is 259 g/mol. The van der Waals surface area contributed by atoms with E-state index in [9.17, 15) is 18.0 Å². The summed E-state index contributed by atoms with van der Waals surface area (Å²) in [6.07, 6.45) is -2.78. The molecule has 1 N–H and O–H groups in total. The van der Waals surface area contributed by atoms with Crippen molar-refractivity contribution in [2.75, 3.05) is 6.54 Å². The zero-order valence-corrected chi connectivity index (χ0v) is 10.2. The minimum Gasteiger partial charge on any atom is -0.478 e. The van der Waals surface area contributed by atoms with Gasteiger partial charge in [0.05, 0.1) is 12.1 Å². The number of carboxylic acid groups (broad SMARTS) is 1. The van der Waals surface area contributed by atoms with E-state index in [-0.39, 0.29) is 18.2 Å². The number of hydrogen-bond donors (Lipinski definition) is 1. The zero-order chi connectivity index (χ0) is 14.0. The maximum atomic E-state index is 12.5. The quantitative estimate of drug-likeness (QED) is 0.896. The van der Waals surface area contributed by atoms with Crippen molar-refractivity contribution in [3.8, 4) is 0 Å². The van der Waals surface area contributed by atoms with Gasteiger partial charge in [0.2, 0.25) is 0 Å². The van der Waals surface area contributed by atoms with Gasteiger partial charge in [0, 0.05) is 12.6 Å². The Morgan fingerprint density at radius 1 is 1.32 bits per heavy atom. The van der Waals surface area contributed by atoms with Crippen LogP contribution in [-0.2, 0) is 6.54 Å². The molecule has 1 saturated carbocycles. The second kappa shape index (κ2) is 5.21. The van der Waals surface area contributed by atoms with E-state index < -0.39 is 18.7 Å². The smallest absolute Gasteiger partial charge is 0.401 e. The number of aromatic carboxylic acids is 1. The predicted octanol–water partition coefficient (Wildman–Crippen LogP) is 2.91. The van der Waals surface area contributed by atoms with Crippen molar-refractivity contribution in [2.45, 2.75) is 31.6 Å². The van der Waals surface area contributed by atoms with Gasteiger partial charge in [0.15, 0.2) is 0 Å². The standard InChI is InChI=1S/C13H14F3NO2/c14-13(15,16)8-17(10-5-6-10)7-9-3-1-2-4-11(9)12(18)19/h1-4,10H,5-8H2,(H,18,19). The Kier molecular flexibility index (Phi) is 3.80. The lowest BCUT2D eigenvalue weighted by atomic mass is 10.1. The molecule has 0 bridgehead atoms. The molecule has 1 aliphatic carbocycles. The number of carboxylic acids is 1. The molecule has 1 aliphatic rings. The molecule has 0 aliphatic heterocycles. The largest absolute Gasteiger partial charge is 0.478 e. The Hall–Kier alpha value is -1.56. The monoisotopic (exact) mass is 273 g/mol. The molecule has 2 rings (SSSR count). The second-order valence-corrected chi connectivity index (χ2v) is 4.71. The molecule has 0 amide bonds. The van der Waals surface area contributed by atoms with Crippen molar-refractivity contribution < 1.29 is 23.1 Å². The Bertz CT molecular complexity index is 469. The van der Waals surface area contributed by atoms with Crippen molar-refractivity contribution in [1.82, 2.24) is 4.90 Å². The van der Waals surface area contributed by atoms with E-state index in [0.717, 1.165) is 12.8 Å². The lowest BCUT2D eigenvalue weighted by molar-refractivity contribution is -0.148. The van der Waals surface area contributed by atoms with Crippen molar-refractivity contribution >= 4 is 5.97 Å². The first kappa shape index (κ1) is 13.9. The molecule has 1 aromatic rings. The van der Waals surface area contributed by atoms with Crippen LogP contribution in [0.3, 0.4) is 0 Å². The van der Waals surface area contributed by atoms with Crippen LogP contribution >= 0.6 is 0 Å². The van der Waals surface area contributed by atoms with Crippen LogP contribution in [0.15, 0.2) is 24.3 Å². The molecule has 0 unspecified atom stereocenters. The van der Waals surface area contributed by atoms with E-state index in [0.29, 0.717) is 5.56 Å². The SMILES string of the molecule is O=C(O)c1ccccc1CN(CC(F)(F)F)C1CC1. The Labute approximate surface area is 108 Å². The van der Waals surface area contributed by atoms with Crippen molar-refractivity contribution in [3.63, 3.8) is 0 Å². The second-order valence-electron chi connectivity index (χ2n) is 4.71. The molecule has 1 fully saturated rings. The van der Waals surface area contributed by atoms with Gasteiger partial charge in [-0.3, -0.25) is 4.90 Å². The maximum Gasteiger partial charge on any atom is 0.401 e. The van der Waals surface area contributed by atoms with Crippen LogP contribution in [0, 0.1) is 0 Å². The average molecular weight is 273 g/mol. The van der Waals surface area contributed by atoms with E-state index >= 15 is 0 Å². The Balaban J connectivity index is 2.15. The van der Waals surface area contributed by atoms with E-state index in [1.54, 1.807) is 18.2 Å². The van der Waals surface area contributed by atoms with Crippen LogP contribution in [0.5, 0.6) is 0 Å². The molecule has 104 valence electrons. The summed E-state index contributed by atoms with van der Waals surface area (Å²) in [5.41, 5.74) is 0.487. The predicted molar refractivity (Wildman–Crippen MR) is 62.9 cm³/mol. The van der Waals surface area contributed by atoms with Crippen molar-refractivity contribution in [3.05, 3.63) is 35.4 Å². The first-order valence-corrected chi connectivity index (χ1v) is 5.99. The van der Waals surface area contributed by atoms with Crippen LogP contribution in [-0.4, -0.2) is 34.7 Å². The van der Waals surface area contributed by atoms with Crippen LogP contribution < -0.4 is 0 Å². The van der Waals surface area contributed by atoms with E-state index in [1.807, 2.05) is 0 Å². The van der Waals surface area contributed by atoms with Gasteiger partial charge in [-0.1, -0.05) is 18.2 Å². The van der Waals surface area contributed by atoms with E-state index in [1.165, 1.54) is 11.0 Å². The molecule has 3 nitrogen and oxygen atoms in total. The van der Waals surface area contributed by atoms with Gasteiger partial charge < -0.3 is 5.11 Å². The van der Waals surface area contributed by atoms with Gasteiger partial charge in [0.25, 0.3) is 0 Å². The minimum atomic E-state index is -4.26. The van der Waals surface area contributed by atoms with Gasteiger partial charge in [-0.2, -0.15) is 13.2 Å². The number of rotatable bonds is 5. The first-order chi connectivity index (χ1) is 8.87. The molecule has 19 heavy (non-hydrogen) atoms. The first-order valence-electron chi connectivity index (χ1n) is 5.99. The number of carbonyl (C=O) groups is 1. The lowest BCUT2D eigenvalue weighted by Gasteiger charge is -2.24. The van der Waals surface area contributed by atoms with Gasteiger partial charge >= 0.3 is 12.1 Å². The average Bonchev–Trinajstić information content (AvgIpc) is 3.10. The lowest BCUT2D eigenvalue weighted by Crippen LogP contribution is -2.35. The van der Waals surface area contributed by atoms with E-state index in [2.05, 4.69) is 0 Å². The molecule has 0 heterocycles. The highest BCUT2D eigenvalue weighted by atomic mass is 19.4. The summed E-state index contributed by atoms with van der Waals surface area (Å²) in [7, 11) is 0. The highest BCUT2D eigenvalue weighted by Crippen LogP contribution is 2.31. The fourth-order valence-corrected chi connectivity index (χ4v) is 2.07. The normalized spacial score (nSPS) is 15.8. The number of alkyl halides is 3. The summed E-state index contributed by atoms with van der Waals surface area (Å²) in [6.45, 7) is -0.974.